The van der Waals surface area contributed by atoms with Crippen molar-refractivity contribution < 1.29 is 19.1 Å². The van der Waals surface area contributed by atoms with Crippen molar-refractivity contribution in [1.29, 1.82) is 0 Å². The average Bonchev–Trinajstić information content (AvgIpc) is 3.18. The second-order valence-electron chi connectivity index (χ2n) is 6.73. The Labute approximate surface area is 194 Å². The van der Waals surface area contributed by atoms with Crippen LogP contribution in [0.5, 0.6) is 5.75 Å². The maximum Gasteiger partial charge on any atom is 0.312 e. The molecular formula is C22H20Cl2N2O4S. The van der Waals surface area contributed by atoms with E-state index in [4.69, 9.17) is 32.7 Å². The second kappa shape index (κ2) is 10.6. The number of carbonyl (C=O) groups excluding carboxylic acids is 2. The minimum atomic E-state index is -1.01. The summed E-state index contributed by atoms with van der Waals surface area (Å²) in [6, 6.07) is 12.6. The van der Waals surface area contributed by atoms with Gasteiger partial charge < -0.3 is 14.8 Å². The van der Waals surface area contributed by atoms with Crippen LogP contribution in [0, 0.1) is 6.92 Å². The average molecular weight is 479 g/mol. The van der Waals surface area contributed by atoms with Crippen LogP contribution in [0.4, 0.5) is 5.69 Å². The van der Waals surface area contributed by atoms with E-state index in [0.717, 1.165) is 16.3 Å². The number of thiazole rings is 1. The van der Waals surface area contributed by atoms with Gasteiger partial charge in [0.1, 0.15) is 17.4 Å². The molecule has 0 radical (unpaired) electrons. The normalized spacial score (nSPS) is 11.6. The summed E-state index contributed by atoms with van der Waals surface area (Å²) in [5, 5.41) is 5.64. The van der Waals surface area contributed by atoms with Gasteiger partial charge in [-0.3, -0.25) is 9.59 Å². The molecule has 1 amide bonds. The predicted molar refractivity (Wildman–Crippen MR) is 122 cm³/mol. The molecule has 2 aromatic carbocycles. The first-order valence-corrected chi connectivity index (χ1v) is 11.0. The van der Waals surface area contributed by atoms with Crippen LogP contribution in [-0.4, -0.2) is 23.0 Å². The summed E-state index contributed by atoms with van der Waals surface area (Å²) in [6.45, 7) is 3.79. The zero-order chi connectivity index (χ0) is 22.4. The number of ether oxygens (including phenoxy) is 2. The minimum absolute atomic E-state index is 0.0451. The van der Waals surface area contributed by atoms with Gasteiger partial charge >= 0.3 is 5.97 Å². The Kier molecular flexibility index (Phi) is 7.90. The number of amides is 1. The summed E-state index contributed by atoms with van der Waals surface area (Å²) in [7, 11) is 0. The quantitative estimate of drug-likeness (QED) is 0.435. The van der Waals surface area contributed by atoms with Crippen molar-refractivity contribution in [3.63, 3.8) is 0 Å². The number of carbonyl (C=O) groups is 2. The summed E-state index contributed by atoms with van der Waals surface area (Å²) >= 11 is 13.4. The molecule has 3 rings (SSSR count). The van der Waals surface area contributed by atoms with Gasteiger partial charge in [-0.05, 0) is 38.1 Å². The third kappa shape index (κ3) is 6.69. The number of aryl methyl sites for hydroxylation is 1. The van der Waals surface area contributed by atoms with Crippen LogP contribution in [0.25, 0.3) is 0 Å². The monoisotopic (exact) mass is 478 g/mol. The molecule has 0 fully saturated rings. The number of nitrogens with zero attached hydrogens (tertiary/aromatic N) is 1. The minimum Gasteiger partial charge on any atom is -0.486 e. The van der Waals surface area contributed by atoms with Crippen molar-refractivity contribution in [1.82, 2.24) is 4.98 Å². The molecule has 0 aliphatic heterocycles. The number of hydrogen-bond acceptors (Lipinski definition) is 6. The first-order valence-electron chi connectivity index (χ1n) is 9.39. The molecule has 162 valence electrons. The topological polar surface area (TPSA) is 77.5 Å². The molecule has 0 saturated carbocycles. The largest absolute Gasteiger partial charge is 0.486 e. The highest BCUT2D eigenvalue weighted by Gasteiger charge is 2.20. The Balaban J connectivity index is 1.48. The number of nitrogens with one attached hydrogen (secondary N) is 1. The summed E-state index contributed by atoms with van der Waals surface area (Å²) in [6.07, 6.45) is -1.05. The first kappa shape index (κ1) is 23.1. The fourth-order valence-corrected chi connectivity index (χ4v) is 3.60. The number of anilines is 1. The molecule has 1 atom stereocenters. The molecule has 9 heteroatoms. The van der Waals surface area contributed by atoms with Gasteiger partial charge in [0, 0.05) is 5.38 Å². The number of aromatic nitrogens is 1. The summed E-state index contributed by atoms with van der Waals surface area (Å²) < 4.78 is 10.9. The number of hydrogen-bond donors (Lipinski definition) is 1. The van der Waals surface area contributed by atoms with Gasteiger partial charge in [0.25, 0.3) is 5.91 Å². The van der Waals surface area contributed by atoms with Gasteiger partial charge in [0.15, 0.2) is 6.10 Å². The van der Waals surface area contributed by atoms with Crippen molar-refractivity contribution in [3.8, 4) is 5.75 Å². The Morgan fingerprint density at radius 1 is 1.16 bits per heavy atom. The van der Waals surface area contributed by atoms with E-state index in [1.165, 1.54) is 18.3 Å². The molecule has 0 spiro atoms. The molecule has 1 aromatic heterocycles. The highest BCUT2D eigenvalue weighted by Crippen LogP contribution is 2.29. The second-order valence-corrected chi connectivity index (χ2v) is 8.46. The summed E-state index contributed by atoms with van der Waals surface area (Å²) in [5.74, 6) is -0.319. The highest BCUT2D eigenvalue weighted by atomic mass is 35.5. The third-order valence-corrected chi connectivity index (χ3v) is 5.89. The van der Waals surface area contributed by atoms with Crippen LogP contribution in [-0.2, 0) is 27.4 Å². The Bertz CT molecular complexity index is 1070. The van der Waals surface area contributed by atoms with Crippen molar-refractivity contribution in [3.05, 3.63) is 74.2 Å². The van der Waals surface area contributed by atoms with Gasteiger partial charge in [-0.25, -0.2) is 4.98 Å². The van der Waals surface area contributed by atoms with Gasteiger partial charge in [0.05, 0.1) is 27.8 Å². The lowest BCUT2D eigenvalue weighted by Crippen LogP contribution is -2.30. The van der Waals surface area contributed by atoms with E-state index in [-0.39, 0.29) is 11.4 Å². The molecule has 0 bridgehead atoms. The molecule has 3 aromatic rings. The van der Waals surface area contributed by atoms with Crippen LogP contribution >= 0.6 is 34.5 Å². The predicted octanol–water partition coefficient (Wildman–Crippen LogP) is 5.45. The first-order chi connectivity index (χ1) is 14.8. The number of esters is 1. The molecular weight excluding hydrogens is 459 g/mol. The maximum atomic E-state index is 12.3. The van der Waals surface area contributed by atoms with Crippen molar-refractivity contribution in [2.75, 3.05) is 5.32 Å². The van der Waals surface area contributed by atoms with Crippen LogP contribution in [0.2, 0.25) is 10.0 Å². The van der Waals surface area contributed by atoms with Crippen LogP contribution in [0.1, 0.15) is 23.2 Å². The summed E-state index contributed by atoms with van der Waals surface area (Å²) in [4.78, 5) is 28.9. The lowest BCUT2D eigenvalue weighted by molar-refractivity contribution is -0.152. The number of halogens is 2. The van der Waals surface area contributed by atoms with Crippen LogP contribution in [0.3, 0.4) is 0 Å². The van der Waals surface area contributed by atoms with E-state index in [2.05, 4.69) is 10.3 Å². The molecule has 1 N–H and O–H groups in total. The SMILES string of the molecule is Cc1ccc(OCc2nc(CC(=O)OC(C)C(=O)Nc3cccc(Cl)c3Cl)cs2)cc1. The van der Waals surface area contributed by atoms with Crippen LogP contribution < -0.4 is 10.1 Å². The lowest BCUT2D eigenvalue weighted by atomic mass is 10.2. The van der Waals surface area contributed by atoms with Gasteiger partial charge in [-0.15, -0.1) is 11.3 Å². The third-order valence-electron chi connectivity index (χ3n) is 4.19. The molecule has 0 saturated heterocycles. The number of benzene rings is 2. The van der Waals surface area contributed by atoms with E-state index < -0.39 is 18.0 Å². The maximum absolute atomic E-state index is 12.3. The molecule has 6 nitrogen and oxygen atoms in total. The van der Waals surface area contributed by atoms with Crippen molar-refractivity contribution in [2.24, 2.45) is 0 Å². The van der Waals surface area contributed by atoms with E-state index in [0.29, 0.717) is 23.0 Å². The van der Waals surface area contributed by atoms with Gasteiger partial charge in [0.2, 0.25) is 0 Å². The highest BCUT2D eigenvalue weighted by molar-refractivity contribution is 7.09. The van der Waals surface area contributed by atoms with E-state index in [1.807, 2.05) is 31.2 Å². The fourth-order valence-electron chi connectivity index (χ4n) is 2.55. The van der Waals surface area contributed by atoms with E-state index in [9.17, 15) is 9.59 Å². The molecule has 0 aliphatic rings. The Morgan fingerprint density at radius 3 is 2.65 bits per heavy atom. The van der Waals surface area contributed by atoms with Gasteiger partial charge in [-0.2, -0.15) is 0 Å². The summed E-state index contributed by atoms with van der Waals surface area (Å²) in [5.41, 5.74) is 2.06. The van der Waals surface area contributed by atoms with E-state index in [1.54, 1.807) is 23.6 Å². The van der Waals surface area contributed by atoms with Crippen molar-refractivity contribution in [2.45, 2.75) is 33.0 Å². The van der Waals surface area contributed by atoms with Crippen LogP contribution in [0.15, 0.2) is 47.8 Å². The Hall–Kier alpha value is -2.61. The van der Waals surface area contributed by atoms with E-state index >= 15 is 0 Å². The zero-order valence-electron chi connectivity index (χ0n) is 16.9. The molecule has 1 unspecified atom stereocenters. The molecule has 1 heterocycles. The molecule has 0 aliphatic carbocycles. The van der Waals surface area contributed by atoms with Gasteiger partial charge in [-0.1, -0.05) is 47.0 Å². The smallest absolute Gasteiger partial charge is 0.312 e. The lowest BCUT2D eigenvalue weighted by Gasteiger charge is -2.14. The number of rotatable bonds is 8. The molecule has 31 heavy (non-hydrogen) atoms. The standard InChI is InChI=1S/C22H20Cl2N2O4S/c1-13-6-8-16(9-7-13)29-11-19-25-15(12-31-19)10-20(27)30-14(2)22(28)26-18-5-3-4-17(23)21(18)24/h3-9,12,14H,10-11H2,1-2H3,(H,26,28). The Morgan fingerprint density at radius 2 is 1.90 bits per heavy atom. The van der Waals surface area contributed by atoms with Crippen molar-refractivity contribution >= 4 is 52.1 Å². The zero-order valence-corrected chi connectivity index (χ0v) is 19.2. The fraction of sp³-hybridized carbons (Fsp3) is 0.227.